The summed E-state index contributed by atoms with van der Waals surface area (Å²) in [6.45, 7) is 2.27. The highest BCUT2D eigenvalue weighted by molar-refractivity contribution is 5.19. The monoisotopic (exact) mass is 175 g/mol. The lowest BCUT2D eigenvalue weighted by Gasteiger charge is -2.29. The van der Waals surface area contributed by atoms with Gasteiger partial charge in [0.15, 0.2) is 0 Å². The first-order chi connectivity index (χ1) is 6.36. The minimum absolute atomic E-state index is 0.588. The molecule has 1 saturated heterocycles. The van der Waals surface area contributed by atoms with Gasteiger partial charge in [-0.3, -0.25) is 0 Å². The number of hydrogen-bond donors (Lipinski definition) is 1. The predicted octanol–water partition coefficient (Wildman–Crippen LogP) is 2.89. The van der Waals surface area contributed by atoms with E-state index in [9.17, 15) is 0 Å². The number of nitrogens with one attached hydrogen (secondary N) is 1. The van der Waals surface area contributed by atoms with Crippen molar-refractivity contribution in [2.75, 3.05) is 0 Å². The molecule has 1 aromatic rings. The molecule has 1 aromatic carbocycles. The second kappa shape index (κ2) is 3.93. The molecular formula is C12H17N. The maximum absolute atomic E-state index is 3.63. The molecule has 1 N–H and O–H groups in total. The maximum atomic E-state index is 3.63. The highest BCUT2D eigenvalue weighted by Crippen LogP contribution is 2.24. The van der Waals surface area contributed by atoms with Gasteiger partial charge in [-0.05, 0) is 25.3 Å². The van der Waals surface area contributed by atoms with Crippen LogP contribution in [0.2, 0.25) is 0 Å². The van der Waals surface area contributed by atoms with E-state index in [4.69, 9.17) is 0 Å². The van der Waals surface area contributed by atoms with Gasteiger partial charge in [-0.1, -0.05) is 36.8 Å². The van der Waals surface area contributed by atoms with Crippen molar-refractivity contribution in [3.63, 3.8) is 0 Å². The Morgan fingerprint density at radius 1 is 1.15 bits per heavy atom. The number of hydrogen-bond acceptors (Lipinski definition) is 1. The Morgan fingerprint density at radius 3 is 2.62 bits per heavy atom. The van der Waals surface area contributed by atoms with Gasteiger partial charge in [0.2, 0.25) is 0 Å². The van der Waals surface area contributed by atoms with E-state index >= 15 is 0 Å². The highest BCUT2D eigenvalue weighted by Gasteiger charge is 2.18. The minimum Gasteiger partial charge on any atom is -0.307 e. The van der Waals surface area contributed by atoms with Crippen molar-refractivity contribution in [3.05, 3.63) is 35.9 Å². The fourth-order valence-electron chi connectivity index (χ4n) is 2.09. The minimum atomic E-state index is 0.588. The van der Waals surface area contributed by atoms with Crippen LogP contribution in [0.15, 0.2) is 30.3 Å². The molecule has 0 amide bonds. The number of rotatable bonds is 1. The normalized spacial score (nSPS) is 28.7. The van der Waals surface area contributed by atoms with E-state index in [0.29, 0.717) is 12.1 Å². The average Bonchev–Trinajstić information content (AvgIpc) is 2.19. The molecule has 0 spiro atoms. The zero-order chi connectivity index (χ0) is 9.10. The first-order valence-corrected chi connectivity index (χ1v) is 5.17. The Kier molecular flexibility index (Phi) is 2.65. The van der Waals surface area contributed by atoms with Gasteiger partial charge in [-0.15, -0.1) is 0 Å². The smallest absolute Gasteiger partial charge is 0.0322 e. The molecule has 1 fully saturated rings. The highest BCUT2D eigenvalue weighted by atomic mass is 15.0. The Balaban J connectivity index is 2.08. The van der Waals surface area contributed by atoms with Gasteiger partial charge in [0.1, 0.15) is 0 Å². The summed E-state index contributed by atoms with van der Waals surface area (Å²) < 4.78 is 0. The maximum Gasteiger partial charge on any atom is 0.0322 e. The van der Waals surface area contributed by atoms with Crippen molar-refractivity contribution in [2.24, 2.45) is 0 Å². The summed E-state index contributed by atoms with van der Waals surface area (Å²) in [5.74, 6) is 0. The second-order valence-corrected chi connectivity index (χ2v) is 3.96. The van der Waals surface area contributed by atoms with E-state index in [1.165, 1.54) is 24.8 Å². The predicted molar refractivity (Wildman–Crippen MR) is 55.6 cm³/mol. The van der Waals surface area contributed by atoms with Crippen LogP contribution in [0.3, 0.4) is 0 Å². The van der Waals surface area contributed by atoms with E-state index in [2.05, 4.69) is 42.6 Å². The van der Waals surface area contributed by atoms with Crippen LogP contribution in [-0.2, 0) is 0 Å². The summed E-state index contributed by atoms with van der Waals surface area (Å²) >= 11 is 0. The largest absolute Gasteiger partial charge is 0.307 e. The van der Waals surface area contributed by atoms with Crippen molar-refractivity contribution >= 4 is 0 Å². The summed E-state index contributed by atoms with van der Waals surface area (Å²) in [4.78, 5) is 0. The van der Waals surface area contributed by atoms with Gasteiger partial charge >= 0.3 is 0 Å². The van der Waals surface area contributed by atoms with Crippen LogP contribution in [-0.4, -0.2) is 6.04 Å². The number of piperidine rings is 1. The summed E-state index contributed by atoms with van der Waals surface area (Å²) in [6, 6.07) is 12.0. The lowest BCUT2D eigenvalue weighted by Crippen LogP contribution is -2.34. The van der Waals surface area contributed by atoms with Crippen LogP contribution in [0.5, 0.6) is 0 Å². The third-order valence-electron chi connectivity index (χ3n) is 2.82. The van der Waals surface area contributed by atoms with Crippen LogP contribution < -0.4 is 5.32 Å². The van der Waals surface area contributed by atoms with Crippen molar-refractivity contribution in [1.29, 1.82) is 0 Å². The molecular weight excluding hydrogens is 158 g/mol. The lowest BCUT2D eigenvalue weighted by molar-refractivity contribution is 0.341. The van der Waals surface area contributed by atoms with Crippen LogP contribution in [0, 0.1) is 0 Å². The van der Waals surface area contributed by atoms with Crippen LogP contribution >= 0.6 is 0 Å². The molecule has 1 heterocycles. The second-order valence-electron chi connectivity index (χ2n) is 3.96. The first kappa shape index (κ1) is 8.76. The van der Waals surface area contributed by atoms with E-state index in [0.717, 1.165) is 0 Å². The quantitative estimate of drug-likeness (QED) is 0.692. The fraction of sp³-hybridized carbons (Fsp3) is 0.500. The first-order valence-electron chi connectivity index (χ1n) is 5.17. The molecule has 1 aliphatic heterocycles. The summed E-state index contributed by atoms with van der Waals surface area (Å²) in [5.41, 5.74) is 1.44. The van der Waals surface area contributed by atoms with E-state index in [1.807, 2.05) is 0 Å². The summed E-state index contributed by atoms with van der Waals surface area (Å²) in [7, 11) is 0. The molecule has 13 heavy (non-hydrogen) atoms. The van der Waals surface area contributed by atoms with Gasteiger partial charge in [-0.2, -0.15) is 0 Å². The van der Waals surface area contributed by atoms with Crippen LogP contribution in [0.25, 0.3) is 0 Å². The SMILES string of the molecule is CC1CCC[C@@H](c2ccccc2)N1. The molecule has 2 rings (SSSR count). The molecule has 1 heteroatoms. The summed E-state index contributed by atoms with van der Waals surface area (Å²) in [5, 5.41) is 3.63. The molecule has 1 unspecified atom stereocenters. The van der Waals surface area contributed by atoms with E-state index in [-0.39, 0.29) is 0 Å². The van der Waals surface area contributed by atoms with Gasteiger partial charge < -0.3 is 5.32 Å². The van der Waals surface area contributed by atoms with Gasteiger partial charge in [0.05, 0.1) is 0 Å². The van der Waals surface area contributed by atoms with Gasteiger partial charge in [0, 0.05) is 12.1 Å². The molecule has 0 aromatic heterocycles. The molecule has 70 valence electrons. The zero-order valence-electron chi connectivity index (χ0n) is 8.16. The molecule has 0 radical (unpaired) electrons. The zero-order valence-corrected chi connectivity index (χ0v) is 8.16. The Labute approximate surface area is 80.2 Å². The molecule has 2 atom stereocenters. The average molecular weight is 175 g/mol. The fourth-order valence-corrected chi connectivity index (χ4v) is 2.09. The third kappa shape index (κ3) is 2.10. The van der Waals surface area contributed by atoms with Gasteiger partial charge in [-0.25, -0.2) is 0 Å². The Hall–Kier alpha value is -0.820. The van der Waals surface area contributed by atoms with Crippen molar-refractivity contribution in [1.82, 2.24) is 5.32 Å². The Bertz CT molecular complexity index is 255. The summed E-state index contributed by atoms with van der Waals surface area (Å²) in [6.07, 6.45) is 3.96. The van der Waals surface area contributed by atoms with Gasteiger partial charge in [0.25, 0.3) is 0 Å². The lowest BCUT2D eigenvalue weighted by atomic mass is 9.94. The van der Waals surface area contributed by atoms with Crippen molar-refractivity contribution < 1.29 is 0 Å². The Morgan fingerprint density at radius 2 is 1.92 bits per heavy atom. The van der Waals surface area contributed by atoms with Crippen molar-refractivity contribution in [2.45, 2.75) is 38.3 Å². The van der Waals surface area contributed by atoms with Crippen LogP contribution in [0.1, 0.15) is 37.8 Å². The van der Waals surface area contributed by atoms with E-state index < -0.39 is 0 Å². The molecule has 0 aliphatic carbocycles. The molecule has 1 aliphatic rings. The third-order valence-corrected chi connectivity index (χ3v) is 2.82. The number of benzene rings is 1. The molecule has 0 saturated carbocycles. The van der Waals surface area contributed by atoms with E-state index in [1.54, 1.807) is 0 Å². The standard InChI is InChI=1S/C12H17N/c1-10-6-5-9-12(13-10)11-7-3-2-4-8-11/h2-4,7-8,10,12-13H,5-6,9H2,1H3/t10?,12-/m0/s1. The molecule has 0 bridgehead atoms. The van der Waals surface area contributed by atoms with Crippen LogP contribution in [0.4, 0.5) is 0 Å². The van der Waals surface area contributed by atoms with Crippen molar-refractivity contribution in [3.8, 4) is 0 Å². The molecule has 1 nitrogen and oxygen atoms in total. The topological polar surface area (TPSA) is 12.0 Å².